The molecule has 0 aliphatic rings. The minimum atomic E-state index is 0.00250. The van der Waals surface area contributed by atoms with Gasteiger partial charge in [-0.1, -0.05) is 43.0 Å². The Hall–Kier alpha value is -2.54. The topological polar surface area (TPSA) is 75.0 Å². The van der Waals surface area contributed by atoms with E-state index in [1.165, 1.54) is 17.3 Å². The number of nitrogens with zero attached hydrogens (tertiary/aromatic N) is 3. The number of carbonyl (C=O) groups excluding carboxylic acids is 1. The molecular weight excluding hydrogens is 348 g/mol. The second-order valence-corrected chi connectivity index (χ2v) is 7.01. The Balaban J connectivity index is 1.54. The van der Waals surface area contributed by atoms with Gasteiger partial charge in [0, 0.05) is 12.6 Å². The number of benzene rings is 1. The van der Waals surface area contributed by atoms with Gasteiger partial charge in [-0.25, -0.2) is 4.98 Å². The van der Waals surface area contributed by atoms with E-state index in [0.717, 1.165) is 23.5 Å². The molecule has 0 atom stereocenters. The van der Waals surface area contributed by atoms with Crippen LogP contribution in [0.3, 0.4) is 0 Å². The number of aromatic amines is 1. The third-order valence-electron chi connectivity index (χ3n) is 4.04. The van der Waals surface area contributed by atoms with E-state index in [1.54, 1.807) is 11.9 Å². The summed E-state index contributed by atoms with van der Waals surface area (Å²) in [5.41, 5.74) is 2.27. The fourth-order valence-electron chi connectivity index (χ4n) is 2.47. The zero-order valence-electron chi connectivity index (χ0n) is 15.2. The number of furan rings is 1. The molecule has 7 heteroatoms. The fourth-order valence-corrected chi connectivity index (χ4v) is 3.21. The fraction of sp³-hybridized carbons (Fsp3) is 0.316. The molecule has 0 spiro atoms. The molecule has 0 saturated carbocycles. The summed E-state index contributed by atoms with van der Waals surface area (Å²) in [5.74, 6) is 2.61. The summed E-state index contributed by atoms with van der Waals surface area (Å²) in [5, 5.41) is 7.69. The van der Waals surface area contributed by atoms with Gasteiger partial charge < -0.3 is 9.32 Å². The number of aryl methyl sites for hydroxylation is 2. The molecule has 136 valence electrons. The van der Waals surface area contributed by atoms with Gasteiger partial charge in [0.2, 0.25) is 11.1 Å². The third kappa shape index (κ3) is 4.54. The number of H-pyrrole nitrogens is 1. The van der Waals surface area contributed by atoms with Gasteiger partial charge in [-0.2, -0.15) is 0 Å². The Labute approximate surface area is 157 Å². The molecular formula is C19H22N4O2S. The van der Waals surface area contributed by atoms with Crippen molar-refractivity contribution in [1.82, 2.24) is 20.1 Å². The van der Waals surface area contributed by atoms with Crippen LogP contribution in [0.25, 0.3) is 11.4 Å². The highest BCUT2D eigenvalue weighted by Gasteiger charge is 2.14. The minimum absolute atomic E-state index is 0.00250. The minimum Gasteiger partial charge on any atom is -0.464 e. The molecule has 0 saturated heterocycles. The molecule has 6 nitrogen and oxygen atoms in total. The van der Waals surface area contributed by atoms with Crippen molar-refractivity contribution in [3.63, 3.8) is 0 Å². The van der Waals surface area contributed by atoms with Crippen LogP contribution in [0, 0.1) is 6.92 Å². The second kappa shape index (κ2) is 8.23. The van der Waals surface area contributed by atoms with E-state index in [4.69, 9.17) is 4.42 Å². The lowest BCUT2D eigenvalue weighted by Gasteiger charge is -2.14. The van der Waals surface area contributed by atoms with Crippen LogP contribution in [-0.2, 0) is 17.8 Å². The molecule has 1 amide bonds. The lowest BCUT2D eigenvalue weighted by molar-refractivity contribution is -0.127. The average Bonchev–Trinajstić information content (AvgIpc) is 3.28. The molecule has 0 unspecified atom stereocenters. The highest BCUT2D eigenvalue weighted by atomic mass is 32.2. The molecule has 3 aromatic rings. The van der Waals surface area contributed by atoms with Crippen molar-refractivity contribution in [2.24, 2.45) is 0 Å². The highest BCUT2D eigenvalue weighted by molar-refractivity contribution is 7.99. The summed E-state index contributed by atoms with van der Waals surface area (Å²) in [6, 6.07) is 12.0. The molecule has 0 aliphatic carbocycles. The van der Waals surface area contributed by atoms with Crippen LogP contribution in [0.2, 0.25) is 0 Å². The number of aromatic nitrogens is 3. The number of hydrogen-bond acceptors (Lipinski definition) is 5. The van der Waals surface area contributed by atoms with Gasteiger partial charge in [0.05, 0.1) is 12.3 Å². The summed E-state index contributed by atoms with van der Waals surface area (Å²) >= 11 is 1.32. The molecule has 26 heavy (non-hydrogen) atoms. The SMILES string of the molecule is CCc1ccc(-c2nc(SCC(=O)N(C)Cc3ccc(C)o3)n[nH]2)cc1. The van der Waals surface area contributed by atoms with E-state index in [9.17, 15) is 4.79 Å². The van der Waals surface area contributed by atoms with Crippen molar-refractivity contribution < 1.29 is 9.21 Å². The molecule has 2 heterocycles. The van der Waals surface area contributed by atoms with Crippen molar-refractivity contribution in [3.05, 3.63) is 53.5 Å². The number of carbonyl (C=O) groups is 1. The Morgan fingerprint density at radius 2 is 2.00 bits per heavy atom. The maximum atomic E-state index is 12.3. The van der Waals surface area contributed by atoms with E-state index >= 15 is 0 Å². The Morgan fingerprint density at radius 1 is 1.23 bits per heavy atom. The first-order chi connectivity index (χ1) is 12.5. The zero-order valence-corrected chi connectivity index (χ0v) is 16.0. The van der Waals surface area contributed by atoms with Crippen molar-refractivity contribution in [2.45, 2.75) is 32.0 Å². The normalized spacial score (nSPS) is 10.9. The van der Waals surface area contributed by atoms with Crippen LogP contribution < -0.4 is 0 Å². The van der Waals surface area contributed by atoms with Crippen molar-refractivity contribution in [3.8, 4) is 11.4 Å². The molecule has 0 bridgehead atoms. The lowest BCUT2D eigenvalue weighted by atomic mass is 10.1. The first-order valence-electron chi connectivity index (χ1n) is 8.49. The Kier molecular flexibility index (Phi) is 5.78. The van der Waals surface area contributed by atoms with Gasteiger partial charge in [0.15, 0.2) is 5.82 Å². The summed E-state index contributed by atoms with van der Waals surface area (Å²) in [4.78, 5) is 18.4. The van der Waals surface area contributed by atoms with Crippen LogP contribution in [0.4, 0.5) is 0 Å². The zero-order chi connectivity index (χ0) is 18.5. The first-order valence-corrected chi connectivity index (χ1v) is 9.47. The first kappa shape index (κ1) is 18.3. The summed E-state index contributed by atoms with van der Waals surface area (Å²) in [6.45, 7) is 4.47. The van der Waals surface area contributed by atoms with E-state index in [2.05, 4.69) is 34.2 Å². The van der Waals surface area contributed by atoms with Crippen LogP contribution in [0.1, 0.15) is 24.0 Å². The number of thioether (sulfide) groups is 1. The summed E-state index contributed by atoms with van der Waals surface area (Å²) < 4.78 is 5.51. The lowest BCUT2D eigenvalue weighted by Crippen LogP contribution is -2.27. The van der Waals surface area contributed by atoms with Gasteiger partial charge >= 0.3 is 0 Å². The van der Waals surface area contributed by atoms with Crippen LogP contribution in [0.15, 0.2) is 46.0 Å². The van der Waals surface area contributed by atoms with Gasteiger partial charge in [-0.15, -0.1) is 5.10 Å². The molecule has 1 aromatic carbocycles. The predicted octanol–water partition coefficient (Wildman–Crippen LogP) is 3.69. The number of amides is 1. The van der Waals surface area contributed by atoms with Crippen molar-refractivity contribution >= 4 is 17.7 Å². The molecule has 2 aromatic heterocycles. The predicted molar refractivity (Wildman–Crippen MR) is 102 cm³/mol. The number of rotatable bonds is 7. The van der Waals surface area contributed by atoms with Crippen LogP contribution >= 0.6 is 11.8 Å². The molecule has 3 rings (SSSR count). The second-order valence-electron chi connectivity index (χ2n) is 6.07. The third-order valence-corrected chi connectivity index (χ3v) is 4.87. The maximum absolute atomic E-state index is 12.3. The van der Waals surface area contributed by atoms with E-state index < -0.39 is 0 Å². The van der Waals surface area contributed by atoms with Gasteiger partial charge in [-0.3, -0.25) is 9.89 Å². The van der Waals surface area contributed by atoms with Crippen molar-refractivity contribution in [2.75, 3.05) is 12.8 Å². The largest absolute Gasteiger partial charge is 0.464 e. The van der Waals surface area contributed by atoms with Crippen molar-refractivity contribution in [1.29, 1.82) is 0 Å². The number of hydrogen-bond donors (Lipinski definition) is 1. The van der Waals surface area contributed by atoms with E-state index in [1.807, 2.05) is 31.2 Å². The molecule has 1 N–H and O–H groups in total. The van der Waals surface area contributed by atoms with Gasteiger partial charge in [0.1, 0.15) is 11.5 Å². The van der Waals surface area contributed by atoms with Crippen LogP contribution in [0.5, 0.6) is 0 Å². The molecule has 0 radical (unpaired) electrons. The molecule has 0 aliphatic heterocycles. The highest BCUT2D eigenvalue weighted by Crippen LogP contribution is 2.20. The average molecular weight is 370 g/mol. The van der Waals surface area contributed by atoms with Gasteiger partial charge in [-0.05, 0) is 31.0 Å². The standard InChI is InChI=1S/C19H22N4O2S/c1-4-14-6-8-15(9-7-14)18-20-19(22-21-18)26-12-17(24)23(3)11-16-10-5-13(2)25-16/h5-10H,4,11-12H2,1-3H3,(H,20,21,22). The van der Waals surface area contributed by atoms with E-state index in [-0.39, 0.29) is 11.7 Å². The van der Waals surface area contributed by atoms with Gasteiger partial charge in [0.25, 0.3) is 0 Å². The quantitative estimate of drug-likeness (QED) is 0.642. The Morgan fingerprint density at radius 3 is 2.65 bits per heavy atom. The maximum Gasteiger partial charge on any atom is 0.233 e. The Bertz CT molecular complexity index is 870. The monoisotopic (exact) mass is 370 g/mol. The van der Waals surface area contributed by atoms with E-state index in [0.29, 0.717) is 17.5 Å². The number of nitrogens with one attached hydrogen (secondary N) is 1. The summed E-state index contributed by atoms with van der Waals surface area (Å²) in [7, 11) is 1.76. The molecule has 0 fully saturated rings. The van der Waals surface area contributed by atoms with Crippen LogP contribution in [-0.4, -0.2) is 38.8 Å². The smallest absolute Gasteiger partial charge is 0.233 e. The summed E-state index contributed by atoms with van der Waals surface area (Å²) in [6.07, 6.45) is 1.00.